The number of aryl methyl sites for hydroxylation is 1. The van der Waals surface area contributed by atoms with Gasteiger partial charge in [-0.1, -0.05) is 20.8 Å². The highest BCUT2D eigenvalue weighted by Gasteiger charge is 2.25. The van der Waals surface area contributed by atoms with Crippen molar-refractivity contribution in [3.63, 3.8) is 0 Å². The Balaban J connectivity index is 2.54. The third-order valence-corrected chi connectivity index (χ3v) is 3.57. The molecule has 0 bridgehead atoms. The van der Waals surface area contributed by atoms with E-state index in [1.807, 2.05) is 13.0 Å². The van der Waals surface area contributed by atoms with Crippen molar-refractivity contribution < 1.29 is 9.90 Å². The van der Waals surface area contributed by atoms with Crippen LogP contribution in [-0.2, 0) is 12.8 Å². The molecule has 92 valence electrons. The van der Waals surface area contributed by atoms with Gasteiger partial charge in [-0.05, 0) is 42.7 Å². The van der Waals surface area contributed by atoms with E-state index < -0.39 is 5.97 Å². The van der Waals surface area contributed by atoms with Gasteiger partial charge in [0.15, 0.2) is 0 Å². The molecule has 1 aromatic heterocycles. The summed E-state index contributed by atoms with van der Waals surface area (Å²) in [5.41, 5.74) is 3.35. The minimum Gasteiger partial charge on any atom is -0.478 e. The molecule has 0 saturated carbocycles. The molecule has 0 aliphatic heterocycles. The summed E-state index contributed by atoms with van der Waals surface area (Å²) in [4.78, 5) is 15.8. The van der Waals surface area contributed by atoms with Gasteiger partial charge in [0.25, 0.3) is 0 Å². The smallest absolute Gasteiger partial charge is 0.337 e. The lowest BCUT2D eigenvalue weighted by Crippen LogP contribution is -2.19. The Morgan fingerprint density at radius 1 is 1.53 bits per heavy atom. The second-order valence-corrected chi connectivity index (χ2v) is 5.13. The lowest BCUT2D eigenvalue weighted by molar-refractivity contribution is 0.0695. The number of hydrogen-bond donors (Lipinski definition) is 1. The van der Waals surface area contributed by atoms with Crippen LogP contribution in [0, 0.1) is 5.92 Å². The molecule has 0 fully saturated rings. The Morgan fingerprint density at radius 3 is 2.82 bits per heavy atom. The van der Waals surface area contributed by atoms with Gasteiger partial charge >= 0.3 is 5.97 Å². The van der Waals surface area contributed by atoms with Crippen molar-refractivity contribution in [3.8, 4) is 0 Å². The standard InChI is InChI=1S/C14H19NO2/c1-4-12-11(14(16)17)7-10-6-8(2)5-9(3)13(10)15-12/h7-9H,4-6H2,1-3H3,(H,16,17). The summed E-state index contributed by atoms with van der Waals surface area (Å²) in [6, 6.07) is 1.84. The molecule has 2 atom stereocenters. The van der Waals surface area contributed by atoms with Gasteiger partial charge in [0.2, 0.25) is 0 Å². The second-order valence-electron chi connectivity index (χ2n) is 5.13. The minimum absolute atomic E-state index is 0.382. The molecule has 0 radical (unpaired) electrons. The van der Waals surface area contributed by atoms with Crippen molar-refractivity contribution in [2.75, 3.05) is 0 Å². The highest BCUT2D eigenvalue weighted by molar-refractivity contribution is 5.89. The second kappa shape index (κ2) is 4.47. The summed E-state index contributed by atoms with van der Waals surface area (Å²) < 4.78 is 0. The van der Waals surface area contributed by atoms with Crippen molar-refractivity contribution in [1.29, 1.82) is 0 Å². The maximum atomic E-state index is 11.2. The average molecular weight is 233 g/mol. The molecule has 2 rings (SSSR count). The first-order chi connectivity index (χ1) is 8.02. The zero-order valence-electron chi connectivity index (χ0n) is 10.7. The van der Waals surface area contributed by atoms with Crippen molar-refractivity contribution in [2.24, 2.45) is 5.92 Å². The van der Waals surface area contributed by atoms with E-state index >= 15 is 0 Å². The third kappa shape index (κ3) is 2.19. The van der Waals surface area contributed by atoms with Crippen LogP contribution in [0.2, 0.25) is 0 Å². The molecule has 1 aliphatic carbocycles. The largest absolute Gasteiger partial charge is 0.478 e. The molecule has 2 unspecified atom stereocenters. The van der Waals surface area contributed by atoms with E-state index in [1.165, 1.54) is 0 Å². The first kappa shape index (κ1) is 12.1. The summed E-state index contributed by atoms with van der Waals surface area (Å²) in [6.07, 6.45) is 2.78. The van der Waals surface area contributed by atoms with Crippen LogP contribution in [0.15, 0.2) is 6.07 Å². The maximum absolute atomic E-state index is 11.2. The fourth-order valence-electron chi connectivity index (χ4n) is 2.83. The SMILES string of the molecule is CCc1nc2c(cc1C(=O)O)CC(C)CC2C. The van der Waals surface area contributed by atoms with E-state index in [9.17, 15) is 9.90 Å². The summed E-state index contributed by atoms with van der Waals surface area (Å²) >= 11 is 0. The van der Waals surface area contributed by atoms with Crippen molar-refractivity contribution >= 4 is 5.97 Å². The normalized spacial score (nSPS) is 23.2. The van der Waals surface area contributed by atoms with Crippen LogP contribution in [0.4, 0.5) is 0 Å². The number of fused-ring (bicyclic) bond motifs is 1. The van der Waals surface area contributed by atoms with Crippen LogP contribution in [0.1, 0.15) is 60.4 Å². The fraction of sp³-hybridized carbons (Fsp3) is 0.571. The number of aromatic carboxylic acids is 1. The Kier molecular flexibility index (Phi) is 3.18. The molecule has 3 nitrogen and oxygen atoms in total. The molecule has 0 spiro atoms. The van der Waals surface area contributed by atoms with Crippen molar-refractivity contribution in [3.05, 3.63) is 28.6 Å². The number of carboxylic acids is 1. The Bertz CT molecular complexity index is 454. The zero-order chi connectivity index (χ0) is 12.6. The van der Waals surface area contributed by atoms with Gasteiger partial charge in [0.1, 0.15) is 0 Å². The van der Waals surface area contributed by atoms with E-state index in [1.54, 1.807) is 0 Å². The molecule has 1 aliphatic rings. The first-order valence-electron chi connectivity index (χ1n) is 6.28. The van der Waals surface area contributed by atoms with Crippen LogP contribution < -0.4 is 0 Å². The summed E-state index contributed by atoms with van der Waals surface area (Å²) in [5.74, 6) is 0.207. The van der Waals surface area contributed by atoms with Gasteiger partial charge in [-0.15, -0.1) is 0 Å². The molecule has 17 heavy (non-hydrogen) atoms. The summed E-state index contributed by atoms with van der Waals surface area (Å²) in [5, 5.41) is 9.19. The van der Waals surface area contributed by atoms with E-state index in [0.29, 0.717) is 23.8 Å². The number of carboxylic acid groups (broad SMARTS) is 1. The van der Waals surface area contributed by atoms with Crippen LogP contribution in [0.25, 0.3) is 0 Å². The summed E-state index contributed by atoms with van der Waals surface area (Å²) in [6.45, 7) is 6.35. The quantitative estimate of drug-likeness (QED) is 0.854. The van der Waals surface area contributed by atoms with Gasteiger partial charge in [-0.25, -0.2) is 4.79 Å². The Labute approximate surface area is 102 Å². The number of carbonyl (C=O) groups is 1. The number of hydrogen-bond acceptors (Lipinski definition) is 2. The topological polar surface area (TPSA) is 50.2 Å². The number of aromatic nitrogens is 1. The molecule has 1 heterocycles. The van der Waals surface area contributed by atoms with Crippen LogP contribution in [0.5, 0.6) is 0 Å². The lowest BCUT2D eigenvalue weighted by atomic mass is 9.80. The van der Waals surface area contributed by atoms with E-state index in [4.69, 9.17) is 0 Å². The van der Waals surface area contributed by atoms with Crippen molar-refractivity contribution in [2.45, 2.75) is 46.0 Å². The van der Waals surface area contributed by atoms with Gasteiger partial charge in [-0.2, -0.15) is 0 Å². The van der Waals surface area contributed by atoms with Crippen LogP contribution >= 0.6 is 0 Å². The average Bonchev–Trinajstić information content (AvgIpc) is 2.27. The molecular formula is C14H19NO2. The van der Waals surface area contributed by atoms with Gasteiger partial charge in [0, 0.05) is 5.69 Å². The van der Waals surface area contributed by atoms with E-state index in [0.717, 1.165) is 29.8 Å². The Hall–Kier alpha value is -1.38. The lowest BCUT2D eigenvalue weighted by Gasteiger charge is -2.27. The molecule has 0 aromatic carbocycles. The molecule has 1 aromatic rings. The molecular weight excluding hydrogens is 214 g/mol. The van der Waals surface area contributed by atoms with Crippen LogP contribution in [-0.4, -0.2) is 16.1 Å². The number of nitrogens with zero attached hydrogens (tertiary/aromatic N) is 1. The molecule has 1 N–H and O–H groups in total. The van der Waals surface area contributed by atoms with Gasteiger partial charge < -0.3 is 5.11 Å². The zero-order valence-corrected chi connectivity index (χ0v) is 10.7. The Morgan fingerprint density at radius 2 is 2.24 bits per heavy atom. The predicted octanol–water partition coefficient (Wildman–Crippen LogP) is 3.03. The summed E-state index contributed by atoms with van der Waals surface area (Å²) in [7, 11) is 0. The number of rotatable bonds is 2. The number of pyridine rings is 1. The van der Waals surface area contributed by atoms with E-state index in [2.05, 4.69) is 18.8 Å². The monoisotopic (exact) mass is 233 g/mol. The fourth-order valence-corrected chi connectivity index (χ4v) is 2.83. The van der Waals surface area contributed by atoms with Gasteiger partial charge in [0.05, 0.1) is 11.3 Å². The van der Waals surface area contributed by atoms with Gasteiger partial charge in [-0.3, -0.25) is 4.98 Å². The highest BCUT2D eigenvalue weighted by atomic mass is 16.4. The molecule has 3 heteroatoms. The first-order valence-corrected chi connectivity index (χ1v) is 6.28. The van der Waals surface area contributed by atoms with E-state index in [-0.39, 0.29) is 0 Å². The maximum Gasteiger partial charge on any atom is 0.337 e. The highest BCUT2D eigenvalue weighted by Crippen LogP contribution is 2.34. The third-order valence-electron chi connectivity index (χ3n) is 3.57. The molecule has 0 saturated heterocycles. The minimum atomic E-state index is -0.858. The molecule has 0 amide bonds. The predicted molar refractivity (Wildman–Crippen MR) is 66.5 cm³/mol. The van der Waals surface area contributed by atoms with Crippen LogP contribution in [0.3, 0.4) is 0 Å². The van der Waals surface area contributed by atoms with Crippen molar-refractivity contribution in [1.82, 2.24) is 4.98 Å².